The summed E-state index contributed by atoms with van der Waals surface area (Å²) in [7, 11) is 0. The molecule has 0 unspecified atom stereocenters. The fourth-order valence-corrected chi connectivity index (χ4v) is 2.70. The van der Waals surface area contributed by atoms with Gasteiger partial charge >= 0.3 is 0 Å². The maximum atomic E-state index is 12.2. The van der Waals surface area contributed by atoms with Gasteiger partial charge in [-0.1, -0.05) is 24.3 Å². The second kappa shape index (κ2) is 7.21. The molecule has 5 heteroatoms. The molecule has 128 valence electrons. The van der Waals surface area contributed by atoms with E-state index in [0.29, 0.717) is 11.6 Å². The summed E-state index contributed by atoms with van der Waals surface area (Å²) in [6, 6.07) is 17.3. The number of hydrogen-bond donors (Lipinski definition) is 1. The van der Waals surface area contributed by atoms with Gasteiger partial charge in [0.2, 0.25) is 0 Å². The quantitative estimate of drug-likeness (QED) is 0.771. The minimum absolute atomic E-state index is 0.0545. The smallest absolute Gasteiger partial charge is 0.263 e. The van der Waals surface area contributed by atoms with E-state index in [2.05, 4.69) is 16.5 Å². The number of aromatic nitrogens is 2. The molecule has 0 aliphatic rings. The minimum Gasteiger partial charge on any atom is -0.484 e. The maximum absolute atomic E-state index is 12.2. The molecule has 1 amide bonds. The SMILES string of the molecule is Cc1cc(C)cc(-n2nc(C)cc2NC(=O)COc2ccccc2)c1. The van der Waals surface area contributed by atoms with Crippen LogP contribution >= 0.6 is 0 Å². The second-order valence-corrected chi connectivity index (χ2v) is 6.08. The summed E-state index contributed by atoms with van der Waals surface area (Å²) >= 11 is 0. The van der Waals surface area contributed by atoms with E-state index >= 15 is 0 Å². The Kier molecular flexibility index (Phi) is 4.84. The standard InChI is InChI=1S/C20H21N3O2/c1-14-9-15(2)11-17(10-14)23-19(12-16(3)22-23)21-20(24)13-25-18-7-5-4-6-8-18/h4-12H,13H2,1-3H3,(H,21,24). The Bertz CT molecular complexity index is 865. The largest absolute Gasteiger partial charge is 0.484 e. The van der Waals surface area contributed by atoms with Gasteiger partial charge in [0.25, 0.3) is 5.91 Å². The van der Waals surface area contributed by atoms with Gasteiger partial charge in [0, 0.05) is 6.07 Å². The summed E-state index contributed by atoms with van der Waals surface area (Å²) in [5.41, 5.74) is 4.05. The van der Waals surface area contributed by atoms with Crippen LogP contribution in [-0.2, 0) is 4.79 Å². The first-order valence-electron chi connectivity index (χ1n) is 8.14. The van der Waals surface area contributed by atoms with Gasteiger partial charge in [0.1, 0.15) is 11.6 Å². The van der Waals surface area contributed by atoms with Gasteiger partial charge in [-0.3, -0.25) is 4.79 Å². The number of carbonyl (C=O) groups excluding carboxylic acids is 1. The topological polar surface area (TPSA) is 56.2 Å². The van der Waals surface area contributed by atoms with E-state index in [1.165, 1.54) is 0 Å². The fraction of sp³-hybridized carbons (Fsp3) is 0.200. The highest BCUT2D eigenvalue weighted by molar-refractivity contribution is 5.91. The molecule has 3 aromatic rings. The Hall–Kier alpha value is -3.08. The van der Waals surface area contributed by atoms with Crippen LogP contribution in [0.5, 0.6) is 5.75 Å². The zero-order valence-electron chi connectivity index (χ0n) is 14.6. The highest BCUT2D eigenvalue weighted by Gasteiger charge is 2.12. The normalized spacial score (nSPS) is 10.5. The van der Waals surface area contributed by atoms with Crippen LogP contribution < -0.4 is 10.1 Å². The van der Waals surface area contributed by atoms with E-state index < -0.39 is 0 Å². The van der Waals surface area contributed by atoms with Gasteiger partial charge in [-0.25, -0.2) is 4.68 Å². The molecule has 0 aliphatic carbocycles. The van der Waals surface area contributed by atoms with Gasteiger partial charge in [0.05, 0.1) is 11.4 Å². The number of rotatable bonds is 5. The third kappa shape index (κ3) is 4.26. The van der Waals surface area contributed by atoms with Gasteiger partial charge in [-0.15, -0.1) is 0 Å². The van der Waals surface area contributed by atoms with E-state index in [1.54, 1.807) is 4.68 Å². The van der Waals surface area contributed by atoms with E-state index in [4.69, 9.17) is 4.74 Å². The summed E-state index contributed by atoms with van der Waals surface area (Å²) < 4.78 is 7.23. The fourth-order valence-electron chi connectivity index (χ4n) is 2.70. The monoisotopic (exact) mass is 335 g/mol. The van der Waals surface area contributed by atoms with Crippen LogP contribution in [0.15, 0.2) is 54.6 Å². The van der Waals surface area contributed by atoms with Gasteiger partial charge in [-0.2, -0.15) is 5.10 Å². The number of aryl methyl sites for hydroxylation is 3. The van der Waals surface area contributed by atoms with Crippen molar-refractivity contribution in [2.75, 3.05) is 11.9 Å². The van der Waals surface area contributed by atoms with Crippen LogP contribution in [0.1, 0.15) is 16.8 Å². The van der Waals surface area contributed by atoms with Crippen molar-refractivity contribution in [3.63, 3.8) is 0 Å². The molecule has 0 atom stereocenters. The average Bonchev–Trinajstić information content (AvgIpc) is 2.93. The first kappa shape index (κ1) is 16.8. The molecular formula is C20H21N3O2. The third-order valence-electron chi connectivity index (χ3n) is 3.66. The lowest BCUT2D eigenvalue weighted by molar-refractivity contribution is -0.118. The minimum atomic E-state index is -0.227. The number of benzene rings is 2. The molecular weight excluding hydrogens is 314 g/mol. The van der Waals surface area contributed by atoms with Crippen LogP contribution in [0.4, 0.5) is 5.82 Å². The number of para-hydroxylation sites is 1. The first-order chi connectivity index (χ1) is 12.0. The summed E-state index contributed by atoms with van der Waals surface area (Å²) in [6.45, 7) is 5.92. The molecule has 1 aromatic heterocycles. The van der Waals surface area contributed by atoms with Crippen molar-refractivity contribution < 1.29 is 9.53 Å². The van der Waals surface area contributed by atoms with Crippen LogP contribution in [0, 0.1) is 20.8 Å². The molecule has 25 heavy (non-hydrogen) atoms. The zero-order chi connectivity index (χ0) is 17.8. The highest BCUT2D eigenvalue weighted by Crippen LogP contribution is 2.20. The van der Waals surface area contributed by atoms with Crippen molar-refractivity contribution in [3.8, 4) is 11.4 Å². The van der Waals surface area contributed by atoms with E-state index in [0.717, 1.165) is 22.5 Å². The number of nitrogens with zero attached hydrogens (tertiary/aromatic N) is 2. The number of carbonyl (C=O) groups is 1. The van der Waals surface area contributed by atoms with Crippen molar-refractivity contribution >= 4 is 11.7 Å². The van der Waals surface area contributed by atoms with Gasteiger partial charge in [-0.05, 0) is 56.2 Å². The van der Waals surface area contributed by atoms with Crippen molar-refractivity contribution in [1.82, 2.24) is 9.78 Å². The van der Waals surface area contributed by atoms with Crippen LogP contribution in [0.3, 0.4) is 0 Å². The molecule has 5 nitrogen and oxygen atoms in total. The predicted octanol–water partition coefficient (Wildman–Crippen LogP) is 3.82. The van der Waals surface area contributed by atoms with Crippen LogP contribution in [0.2, 0.25) is 0 Å². The number of anilines is 1. The highest BCUT2D eigenvalue weighted by atomic mass is 16.5. The number of hydrogen-bond acceptors (Lipinski definition) is 3. The lowest BCUT2D eigenvalue weighted by Gasteiger charge is -2.11. The lowest BCUT2D eigenvalue weighted by atomic mass is 10.1. The number of nitrogens with one attached hydrogen (secondary N) is 1. The van der Waals surface area contributed by atoms with Crippen molar-refractivity contribution in [3.05, 3.63) is 71.4 Å². The Balaban J connectivity index is 1.75. The average molecular weight is 335 g/mol. The molecule has 0 saturated heterocycles. The molecule has 1 heterocycles. The number of ether oxygens (including phenoxy) is 1. The number of amides is 1. The Morgan fingerprint density at radius 2 is 1.72 bits per heavy atom. The summed E-state index contributed by atoms with van der Waals surface area (Å²) in [5.74, 6) is 1.06. The maximum Gasteiger partial charge on any atom is 0.263 e. The Morgan fingerprint density at radius 3 is 2.40 bits per heavy atom. The molecule has 0 saturated carbocycles. The van der Waals surface area contributed by atoms with Crippen molar-refractivity contribution in [2.24, 2.45) is 0 Å². The Morgan fingerprint density at radius 1 is 1.04 bits per heavy atom. The van der Waals surface area contributed by atoms with Crippen molar-refractivity contribution in [1.29, 1.82) is 0 Å². The summed E-state index contributed by atoms with van der Waals surface area (Å²) in [5, 5.41) is 7.37. The molecule has 0 spiro atoms. The lowest BCUT2D eigenvalue weighted by Crippen LogP contribution is -2.21. The van der Waals surface area contributed by atoms with Gasteiger partial charge in [0.15, 0.2) is 6.61 Å². The van der Waals surface area contributed by atoms with Gasteiger partial charge < -0.3 is 10.1 Å². The zero-order valence-corrected chi connectivity index (χ0v) is 14.6. The summed E-state index contributed by atoms with van der Waals surface area (Å²) in [6.07, 6.45) is 0. The molecule has 0 fully saturated rings. The predicted molar refractivity (Wildman–Crippen MR) is 98.3 cm³/mol. The Labute approximate surface area is 147 Å². The van der Waals surface area contributed by atoms with Crippen molar-refractivity contribution in [2.45, 2.75) is 20.8 Å². The molecule has 0 radical (unpaired) electrons. The third-order valence-corrected chi connectivity index (χ3v) is 3.66. The van der Waals surface area contributed by atoms with E-state index in [-0.39, 0.29) is 12.5 Å². The molecule has 2 aromatic carbocycles. The molecule has 3 rings (SSSR count). The second-order valence-electron chi connectivity index (χ2n) is 6.08. The molecule has 1 N–H and O–H groups in total. The van der Waals surface area contributed by atoms with E-state index in [1.807, 2.05) is 69.3 Å². The molecule has 0 bridgehead atoms. The van der Waals surface area contributed by atoms with Crippen LogP contribution in [-0.4, -0.2) is 22.3 Å². The van der Waals surface area contributed by atoms with Crippen LogP contribution in [0.25, 0.3) is 5.69 Å². The molecule has 0 aliphatic heterocycles. The van der Waals surface area contributed by atoms with E-state index in [9.17, 15) is 4.79 Å². The first-order valence-corrected chi connectivity index (χ1v) is 8.14. The summed E-state index contributed by atoms with van der Waals surface area (Å²) in [4.78, 5) is 12.2.